The number of sulfonamides is 1. The van der Waals surface area contributed by atoms with E-state index in [0.29, 0.717) is 18.9 Å². The topological polar surface area (TPSA) is 49.4 Å². The van der Waals surface area contributed by atoms with Crippen LogP contribution in [0.4, 0.5) is 8.78 Å². The van der Waals surface area contributed by atoms with Gasteiger partial charge in [0.25, 0.3) is 0 Å². The second-order valence-electron chi connectivity index (χ2n) is 4.61. The van der Waals surface area contributed by atoms with Crippen LogP contribution in [-0.2, 0) is 10.0 Å². The third-order valence-corrected chi connectivity index (χ3v) is 5.22. The van der Waals surface area contributed by atoms with Crippen LogP contribution in [-0.4, -0.2) is 38.9 Å². The Labute approximate surface area is 123 Å². The molecule has 0 radical (unpaired) electrons. The molecular weight excluding hydrogens is 310 g/mol. The number of hydrogen-bond donors (Lipinski definition) is 1. The lowest BCUT2D eigenvalue weighted by atomic mass is 10.1. The molecule has 2 rings (SSSR count). The van der Waals surface area contributed by atoms with E-state index in [1.165, 1.54) is 11.4 Å². The summed E-state index contributed by atoms with van der Waals surface area (Å²) < 4.78 is 52.1. The zero-order chi connectivity index (χ0) is 14.0. The lowest BCUT2D eigenvalue weighted by Crippen LogP contribution is -2.43. The highest BCUT2D eigenvalue weighted by atomic mass is 35.5. The van der Waals surface area contributed by atoms with Gasteiger partial charge in [0.2, 0.25) is 10.0 Å². The van der Waals surface area contributed by atoms with Gasteiger partial charge < -0.3 is 5.32 Å². The van der Waals surface area contributed by atoms with Crippen LogP contribution >= 0.6 is 12.4 Å². The van der Waals surface area contributed by atoms with E-state index in [4.69, 9.17) is 0 Å². The van der Waals surface area contributed by atoms with Crippen molar-refractivity contribution in [1.82, 2.24) is 9.62 Å². The summed E-state index contributed by atoms with van der Waals surface area (Å²) in [6.45, 7) is 1.48. The standard InChI is InChI=1S/C12H16F2N2O2S.ClH/c1-16(11-2-4-15-5-3-11)19(17,18)12-7-9(13)6-10(14)8-12;/h6-8,11,15H,2-5H2,1H3;1H. The first-order valence-corrected chi connectivity index (χ1v) is 7.50. The number of nitrogens with one attached hydrogen (secondary N) is 1. The quantitative estimate of drug-likeness (QED) is 0.921. The average molecular weight is 327 g/mol. The van der Waals surface area contributed by atoms with Gasteiger partial charge in [0.1, 0.15) is 11.6 Å². The molecule has 0 aromatic heterocycles. The maximum absolute atomic E-state index is 13.1. The summed E-state index contributed by atoms with van der Waals surface area (Å²) in [5.41, 5.74) is 0. The Morgan fingerprint density at radius 3 is 2.15 bits per heavy atom. The minimum absolute atomic E-state index is 0. The van der Waals surface area contributed by atoms with Crippen molar-refractivity contribution >= 4 is 22.4 Å². The van der Waals surface area contributed by atoms with Crippen molar-refractivity contribution in [3.63, 3.8) is 0 Å². The fraction of sp³-hybridized carbons (Fsp3) is 0.500. The van der Waals surface area contributed by atoms with Gasteiger partial charge in [-0.3, -0.25) is 0 Å². The number of piperidine rings is 1. The first-order valence-electron chi connectivity index (χ1n) is 6.06. The molecule has 20 heavy (non-hydrogen) atoms. The van der Waals surface area contributed by atoms with Crippen LogP contribution in [0.3, 0.4) is 0 Å². The molecule has 4 nitrogen and oxygen atoms in total. The van der Waals surface area contributed by atoms with Gasteiger partial charge in [0.05, 0.1) is 4.90 Å². The van der Waals surface area contributed by atoms with Crippen LogP contribution in [0.5, 0.6) is 0 Å². The van der Waals surface area contributed by atoms with Gasteiger partial charge in [0, 0.05) is 19.2 Å². The molecule has 1 saturated heterocycles. The number of rotatable bonds is 3. The predicted octanol–water partition coefficient (Wildman–Crippen LogP) is 1.76. The molecule has 0 bridgehead atoms. The van der Waals surface area contributed by atoms with Crippen LogP contribution < -0.4 is 5.32 Å². The Hall–Kier alpha value is -0.760. The molecular formula is C12H17ClF2N2O2S. The highest BCUT2D eigenvalue weighted by Crippen LogP contribution is 2.22. The van der Waals surface area contributed by atoms with Gasteiger partial charge in [-0.25, -0.2) is 17.2 Å². The highest BCUT2D eigenvalue weighted by molar-refractivity contribution is 7.89. The molecule has 0 unspecified atom stereocenters. The second-order valence-corrected chi connectivity index (χ2v) is 6.61. The first kappa shape index (κ1) is 17.3. The van der Waals surface area contributed by atoms with Crippen LogP contribution in [0.2, 0.25) is 0 Å². The number of benzene rings is 1. The molecule has 1 aromatic rings. The monoisotopic (exact) mass is 326 g/mol. The van der Waals surface area contributed by atoms with Crippen LogP contribution in [0, 0.1) is 11.6 Å². The fourth-order valence-corrected chi connectivity index (χ4v) is 3.67. The zero-order valence-corrected chi connectivity index (χ0v) is 12.6. The summed E-state index contributed by atoms with van der Waals surface area (Å²) in [6, 6.07) is 2.20. The molecule has 1 aliphatic heterocycles. The van der Waals surface area contributed by atoms with Crippen LogP contribution in [0.15, 0.2) is 23.1 Å². The van der Waals surface area contributed by atoms with Gasteiger partial charge in [-0.05, 0) is 38.1 Å². The largest absolute Gasteiger partial charge is 0.317 e. The summed E-state index contributed by atoms with van der Waals surface area (Å²) in [4.78, 5) is -0.342. The lowest BCUT2D eigenvalue weighted by molar-refractivity contribution is 0.296. The minimum atomic E-state index is -3.86. The van der Waals surface area contributed by atoms with E-state index in [2.05, 4.69) is 5.32 Å². The van der Waals surface area contributed by atoms with E-state index in [1.807, 2.05) is 0 Å². The molecule has 0 atom stereocenters. The molecule has 1 aromatic carbocycles. The zero-order valence-electron chi connectivity index (χ0n) is 11.0. The smallest absolute Gasteiger partial charge is 0.243 e. The summed E-state index contributed by atoms with van der Waals surface area (Å²) in [6.07, 6.45) is 1.38. The number of halogens is 3. The normalized spacial score (nSPS) is 17.0. The van der Waals surface area contributed by atoms with E-state index in [-0.39, 0.29) is 23.3 Å². The Balaban J connectivity index is 0.00000200. The van der Waals surface area contributed by atoms with Crippen molar-refractivity contribution < 1.29 is 17.2 Å². The van der Waals surface area contributed by atoms with Crippen LogP contribution in [0.1, 0.15) is 12.8 Å². The van der Waals surface area contributed by atoms with Gasteiger partial charge in [0.15, 0.2) is 0 Å². The summed E-state index contributed by atoms with van der Waals surface area (Å²) >= 11 is 0. The molecule has 0 aliphatic carbocycles. The Morgan fingerprint density at radius 1 is 1.15 bits per heavy atom. The van der Waals surface area contributed by atoms with Gasteiger partial charge in [-0.2, -0.15) is 4.31 Å². The molecule has 8 heteroatoms. The SMILES string of the molecule is CN(C1CCNCC1)S(=O)(=O)c1cc(F)cc(F)c1.Cl. The lowest BCUT2D eigenvalue weighted by Gasteiger charge is -2.30. The molecule has 0 amide bonds. The van der Waals surface area contributed by atoms with Crippen molar-refractivity contribution in [2.45, 2.75) is 23.8 Å². The summed E-state index contributed by atoms with van der Waals surface area (Å²) in [5, 5.41) is 3.14. The van der Waals surface area contributed by atoms with Crippen molar-refractivity contribution in [3.8, 4) is 0 Å². The molecule has 114 valence electrons. The van der Waals surface area contributed by atoms with Gasteiger partial charge >= 0.3 is 0 Å². The highest BCUT2D eigenvalue weighted by Gasteiger charge is 2.29. The molecule has 1 heterocycles. The summed E-state index contributed by atoms with van der Waals surface area (Å²) in [7, 11) is -2.41. The van der Waals surface area contributed by atoms with E-state index in [0.717, 1.165) is 25.2 Å². The number of hydrogen-bond acceptors (Lipinski definition) is 3. The van der Waals surface area contributed by atoms with Crippen molar-refractivity contribution in [2.24, 2.45) is 0 Å². The maximum Gasteiger partial charge on any atom is 0.243 e. The third kappa shape index (κ3) is 3.66. The van der Waals surface area contributed by atoms with Crippen LogP contribution in [0.25, 0.3) is 0 Å². The Bertz CT molecular complexity index is 542. The Kier molecular flexibility index (Phi) is 5.88. The number of nitrogens with zero attached hydrogens (tertiary/aromatic N) is 1. The Morgan fingerprint density at radius 2 is 1.65 bits per heavy atom. The van der Waals surface area contributed by atoms with Crippen molar-refractivity contribution in [1.29, 1.82) is 0 Å². The molecule has 1 N–H and O–H groups in total. The van der Waals surface area contributed by atoms with E-state index < -0.39 is 21.7 Å². The third-order valence-electron chi connectivity index (χ3n) is 3.34. The first-order chi connectivity index (χ1) is 8.91. The van der Waals surface area contributed by atoms with Gasteiger partial charge in [-0.15, -0.1) is 12.4 Å². The summed E-state index contributed by atoms with van der Waals surface area (Å²) in [5.74, 6) is -1.78. The maximum atomic E-state index is 13.1. The minimum Gasteiger partial charge on any atom is -0.317 e. The molecule has 0 spiro atoms. The van der Waals surface area contributed by atoms with E-state index in [1.54, 1.807) is 0 Å². The average Bonchev–Trinajstić information content (AvgIpc) is 2.37. The second kappa shape index (κ2) is 6.80. The van der Waals surface area contributed by atoms with E-state index >= 15 is 0 Å². The van der Waals surface area contributed by atoms with Crippen molar-refractivity contribution in [3.05, 3.63) is 29.8 Å². The van der Waals surface area contributed by atoms with Gasteiger partial charge in [-0.1, -0.05) is 0 Å². The fourth-order valence-electron chi connectivity index (χ4n) is 2.21. The van der Waals surface area contributed by atoms with Crippen molar-refractivity contribution in [2.75, 3.05) is 20.1 Å². The molecule has 0 saturated carbocycles. The molecule has 1 fully saturated rings. The molecule has 1 aliphatic rings. The van der Waals surface area contributed by atoms with E-state index in [9.17, 15) is 17.2 Å². The predicted molar refractivity (Wildman–Crippen MR) is 74.4 cm³/mol.